The van der Waals surface area contributed by atoms with Crippen molar-refractivity contribution in [2.45, 2.75) is 30.4 Å². The SMILES string of the molecule is COc1cccc(N2CC(C(=O)Nc3c4c(nn3C3CCS(=O)(=O)C3)CSC4)CC2=O)c1. The van der Waals surface area contributed by atoms with Crippen LogP contribution in [0.5, 0.6) is 5.75 Å². The van der Waals surface area contributed by atoms with Crippen molar-refractivity contribution in [3.63, 3.8) is 0 Å². The molecule has 0 radical (unpaired) electrons. The van der Waals surface area contributed by atoms with Gasteiger partial charge in [0, 0.05) is 41.8 Å². The van der Waals surface area contributed by atoms with E-state index in [-0.39, 0.29) is 42.3 Å². The van der Waals surface area contributed by atoms with Gasteiger partial charge in [-0.15, -0.1) is 0 Å². The van der Waals surface area contributed by atoms with E-state index in [1.807, 2.05) is 12.1 Å². The van der Waals surface area contributed by atoms with E-state index in [9.17, 15) is 18.0 Å². The van der Waals surface area contributed by atoms with E-state index in [1.54, 1.807) is 40.6 Å². The van der Waals surface area contributed by atoms with E-state index >= 15 is 0 Å². The highest BCUT2D eigenvalue weighted by atomic mass is 32.2. The lowest BCUT2D eigenvalue weighted by molar-refractivity contribution is -0.122. The maximum atomic E-state index is 13.2. The molecular formula is C21H24N4O5S2. The Morgan fingerprint density at radius 2 is 2.16 bits per heavy atom. The second-order valence-electron chi connectivity index (χ2n) is 8.36. The van der Waals surface area contributed by atoms with Gasteiger partial charge in [0.2, 0.25) is 11.8 Å². The summed E-state index contributed by atoms with van der Waals surface area (Å²) < 4.78 is 30.9. The molecule has 3 aliphatic rings. The minimum absolute atomic E-state index is 0.0368. The van der Waals surface area contributed by atoms with Gasteiger partial charge in [-0.1, -0.05) is 6.07 Å². The molecule has 0 saturated carbocycles. The molecule has 9 nitrogen and oxygen atoms in total. The molecule has 2 amide bonds. The van der Waals surface area contributed by atoms with E-state index in [1.165, 1.54) is 0 Å². The fourth-order valence-electron chi connectivity index (χ4n) is 4.53. The molecule has 2 fully saturated rings. The molecule has 32 heavy (non-hydrogen) atoms. The van der Waals surface area contributed by atoms with Gasteiger partial charge in [-0.05, 0) is 18.6 Å². The smallest absolute Gasteiger partial charge is 0.230 e. The van der Waals surface area contributed by atoms with Crippen LogP contribution in [0.2, 0.25) is 0 Å². The summed E-state index contributed by atoms with van der Waals surface area (Å²) in [7, 11) is -1.52. The highest BCUT2D eigenvalue weighted by Gasteiger charge is 2.38. The summed E-state index contributed by atoms with van der Waals surface area (Å²) in [5, 5.41) is 7.64. The highest BCUT2D eigenvalue weighted by Crippen LogP contribution is 2.38. The Hall–Kier alpha value is -2.53. The number of amides is 2. The molecule has 1 N–H and O–H groups in total. The number of carbonyl (C=O) groups is 2. The van der Waals surface area contributed by atoms with Crippen LogP contribution in [0.3, 0.4) is 0 Å². The first-order valence-corrected chi connectivity index (χ1v) is 13.5. The fraction of sp³-hybridized carbons (Fsp3) is 0.476. The Labute approximate surface area is 190 Å². The van der Waals surface area contributed by atoms with Crippen LogP contribution >= 0.6 is 11.8 Å². The van der Waals surface area contributed by atoms with Gasteiger partial charge in [0.15, 0.2) is 9.84 Å². The molecule has 11 heteroatoms. The molecule has 0 spiro atoms. The molecule has 0 aliphatic carbocycles. The van der Waals surface area contributed by atoms with Crippen molar-refractivity contribution < 1.29 is 22.7 Å². The third-order valence-electron chi connectivity index (χ3n) is 6.23. The molecule has 0 bridgehead atoms. The van der Waals surface area contributed by atoms with E-state index in [0.29, 0.717) is 23.7 Å². The van der Waals surface area contributed by atoms with Gasteiger partial charge in [0.05, 0.1) is 36.3 Å². The summed E-state index contributed by atoms with van der Waals surface area (Å²) in [6.45, 7) is 0.278. The van der Waals surface area contributed by atoms with Crippen LogP contribution in [-0.4, -0.2) is 55.2 Å². The number of ether oxygens (including phenoxy) is 1. The van der Waals surface area contributed by atoms with E-state index in [4.69, 9.17) is 4.74 Å². The summed E-state index contributed by atoms with van der Waals surface area (Å²) in [4.78, 5) is 27.4. The molecule has 3 aliphatic heterocycles. The first kappa shape index (κ1) is 21.3. The number of nitrogens with one attached hydrogen (secondary N) is 1. The maximum Gasteiger partial charge on any atom is 0.230 e. The number of anilines is 2. The standard InChI is InChI=1S/C21H24N4O5S2/c1-30-16-4-2-3-14(8-16)24-9-13(7-19(24)26)21(27)22-20-17-10-31-11-18(17)23-25(20)15-5-6-32(28,29)12-15/h2-4,8,13,15H,5-7,9-12H2,1H3,(H,22,27). The van der Waals surface area contributed by atoms with Crippen LogP contribution in [0.15, 0.2) is 24.3 Å². The number of hydrogen-bond acceptors (Lipinski definition) is 7. The average molecular weight is 477 g/mol. The minimum Gasteiger partial charge on any atom is -0.497 e. The largest absolute Gasteiger partial charge is 0.497 e. The van der Waals surface area contributed by atoms with Crippen LogP contribution < -0.4 is 15.0 Å². The van der Waals surface area contributed by atoms with Crippen LogP contribution in [0.1, 0.15) is 30.1 Å². The van der Waals surface area contributed by atoms with Crippen molar-refractivity contribution >= 4 is 44.9 Å². The Balaban J connectivity index is 1.36. The van der Waals surface area contributed by atoms with Gasteiger partial charge in [0.1, 0.15) is 11.6 Å². The first-order valence-electron chi connectivity index (χ1n) is 10.5. The first-order chi connectivity index (χ1) is 15.3. The summed E-state index contributed by atoms with van der Waals surface area (Å²) in [6, 6.07) is 6.93. The lowest BCUT2D eigenvalue weighted by Gasteiger charge is -2.19. The Bertz CT molecular complexity index is 1190. The topological polar surface area (TPSA) is 111 Å². The number of thioether (sulfide) groups is 1. The normalized spacial score (nSPS) is 24.0. The molecule has 5 rings (SSSR count). The van der Waals surface area contributed by atoms with Gasteiger partial charge < -0.3 is 15.0 Å². The van der Waals surface area contributed by atoms with Crippen molar-refractivity contribution in [1.29, 1.82) is 0 Å². The van der Waals surface area contributed by atoms with Crippen LogP contribution in [0.25, 0.3) is 0 Å². The monoisotopic (exact) mass is 476 g/mol. The van der Waals surface area contributed by atoms with E-state index < -0.39 is 15.8 Å². The predicted octanol–water partition coefficient (Wildman–Crippen LogP) is 1.99. The number of nitrogens with zero attached hydrogens (tertiary/aromatic N) is 3. The van der Waals surface area contributed by atoms with Crippen molar-refractivity contribution in [2.75, 3.05) is 35.4 Å². The van der Waals surface area contributed by atoms with Gasteiger partial charge in [0.25, 0.3) is 0 Å². The molecule has 4 heterocycles. The molecule has 2 atom stereocenters. The van der Waals surface area contributed by atoms with Crippen molar-refractivity contribution in [3.8, 4) is 5.75 Å². The van der Waals surface area contributed by atoms with Crippen LogP contribution in [-0.2, 0) is 30.9 Å². The number of carbonyl (C=O) groups excluding carboxylic acids is 2. The fourth-order valence-corrected chi connectivity index (χ4v) is 7.25. The third kappa shape index (κ3) is 3.88. The highest BCUT2D eigenvalue weighted by molar-refractivity contribution is 7.98. The number of sulfone groups is 1. The Morgan fingerprint density at radius 3 is 2.91 bits per heavy atom. The average Bonchev–Trinajstić information content (AvgIpc) is 3.52. The van der Waals surface area contributed by atoms with E-state index in [0.717, 1.165) is 22.8 Å². The zero-order valence-electron chi connectivity index (χ0n) is 17.6. The van der Waals surface area contributed by atoms with Crippen molar-refractivity contribution in [2.24, 2.45) is 5.92 Å². The van der Waals surface area contributed by atoms with Crippen molar-refractivity contribution in [1.82, 2.24) is 9.78 Å². The molecule has 2 aromatic rings. The second kappa shape index (κ2) is 8.11. The number of methoxy groups -OCH3 is 1. The number of fused-ring (bicyclic) bond motifs is 1. The molecular weight excluding hydrogens is 452 g/mol. The van der Waals surface area contributed by atoms with Crippen LogP contribution in [0.4, 0.5) is 11.5 Å². The van der Waals surface area contributed by atoms with Crippen molar-refractivity contribution in [3.05, 3.63) is 35.5 Å². The molecule has 2 saturated heterocycles. The van der Waals surface area contributed by atoms with Gasteiger partial charge in [-0.3, -0.25) is 9.59 Å². The Morgan fingerprint density at radius 1 is 1.31 bits per heavy atom. The third-order valence-corrected chi connectivity index (χ3v) is 8.95. The zero-order chi connectivity index (χ0) is 22.5. The number of rotatable bonds is 5. The molecule has 1 aromatic heterocycles. The second-order valence-corrected chi connectivity index (χ2v) is 11.6. The van der Waals surface area contributed by atoms with Gasteiger partial charge in [-0.25, -0.2) is 13.1 Å². The van der Waals surface area contributed by atoms with Gasteiger partial charge >= 0.3 is 0 Å². The maximum absolute atomic E-state index is 13.2. The molecule has 170 valence electrons. The van der Waals surface area contributed by atoms with Crippen LogP contribution in [0, 0.1) is 5.92 Å². The summed E-state index contributed by atoms with van der Waals surface area (Å²) in [5.74, 6) is 2.01. The summed E-state index contributed by atoms with van der Waals surface area (Å²) in [5.41, 5.74) is 2.56. The summed E-state index contributed by atoms with van der Waals surface area (Å²) in [6.07, 6.45) is 0.608. The number of aromatic nitrogens is 2. The summed E-state index contributed by atoms with van der Waals surface area (Å²) >= 11 is 1.72. The zero-order valence-corrected chi connectivity index (χ0v) is 19.2. The lowest BCUT2D eigenvalue weighted by atomic mass is 10.1. The quantitative estimate of drug-likeness (QED) is 0.703. The number of benzene rings is 1. The van der Waals surface area contributed by atoms with Gasteiger partial charge in [-0.2, -0.15) is 16.9 Å². The predicted molar refractivity (Wildman–Crippen MR) is 122 cm³/mol. The molecule has 1 aromatic carbocycles. The minimum atomic E-state index is -3.09. The number of hydrogen-bond donors (Lipinski definition) is 1. The van der Waals surface area contributed by atoms with E-state index in [2.05, 4.69) is 10.4 Å². The lowest BCUT2D eigenvalue weighted by Crippen LogP contribution is -2.29. The Kier molecular flexibility index (Phi) is 5.40. The molecule has 2 unspecified atom stereocenters.